The van der Waals surface area contributed by atoms with Crippen LogP contribution in [0, 0.1) is 20.8 Å². The highest BCUT2D eigenvalue weighted by atomic mass is 32.2. The SMILES string of the molecule is COC(=O)C[C@@H](c1c(C)nn([C@H]2CCS(=O)(=O)C2)c1C)c1c(O)cc(C)[nH]c1=O. The minimum Gasteiger partial charge on any atom is -0.507 e. The van der Waals surface area contributed by atoms with E-state index in [9.17, 15) is 23.1 Å². The molecule has 0 aliphatic carbocycles. The van der Waals surface area contributed by atoms with Gasteiger partial charge in [0, 0.05) is 22.9 Å². The van der Waals surface area contributed by atoms with E-state index in [-0.39, 0.29) is 35.3 Å². The van der Waals surface area contributed by atoms with E-state index in [1.807, 2.05) is 0 Å². The predicted molar refractivity (Wildman–Crippen MR) is 106 cm³/mol. The van der Waals surface area contributed by atoms with Gasteiger partial charge in [0.25, 0.3) is 5.56 Å². The number of aromatic amines is 1. The van der Waals surface area contributed by atoms with Gasteiger partial charge in [-0.2, -0.15) is 5.10 Å². The Hall–Kier alpha value is -2.62. The van der Waals surface area contributed by atoms with Gasteiger partial charge < -0.3 is 14.8 Å². The number of aromatic nitrogens is 3. The monoisotopic (exact) mass is 423 g/mol. The molecule has 2 aromatic rings. The molecular weight excluding hydrogens is 398 g/mol. The van der Waals surface area contributed by atoms with E-state index >= 15 is 0 Å². The number of aromatic hydroxyl groups is 1. The Balaban J connectivity index is 2.15. The van der Waals surface area contributed by atoms with Crippen molar-refractivity contribution in [3.05, 3.63) is 44.6 Å². The highest BCUT2D eigenvalue weighted by Gasteiger charge is 2.34. The van der Waals surface area contributed by atoms with E-state index in [1.165, 1.54) is 13.2 Å². The van der Waals surface area contributed by atoms with Gasteiger partial charge in [-0.1, -0.05) is 0 Å². The summed E-state index contributed by atoms with van der Waals surface area (Å²) in [7, 11) is -1.85. The first-order valence-corrected chi connectivity index (χ1v) is 11.1. The van der Waals surface area contributed by atoms with Crippen molar-refractivity contribution >= 4 is 15.8 Å². The first-order valence-electron chi connectivity index (χ1n) is 9.29. The number of carbonyl (C=O) groups excluding carboxylic acids is 1. The van der Waals surface area contributed by atoms with Crippen molar-refractivity contribution in [3.8, 4) is 5.75 Å². The van der Waals surface area contributed by atoms with Crippen LogP contribution < -0.4 is 5.56 Å². The van der Waals surface area contributed by atoms with E-state index < -0.39 is 27.3 Å². The summed E-state index contributed by atoms with van der Waals surface area (Å²) >= 11 is 0. The highest BCUT2D eigenvalue weighted by molar-refractivity contribution is 7.91. The Morgan fingerprint density at radius 2 is 2.07 bits per heavy atom. The molecule has 0 aromatic carbocycles. The van der Waals surface area contributed by atoms with Crippen LogP contribution in [0.5, 0.6) is 5.75 Å². The third-order valence-electron chi connectivity index (χ3n) is 5.42. The molecule has 0 unspecified atom stereocenters. The summed E-state index contributed by atoms with van der Waals surface area (Å²) in [5.41, 5.74) is 1.91. The smallest absolute Gasteiger partial charge is 0.306 e. The standard InChI is InChI=1S/C19H25N3O6S/c1-10-7-15(23)18(19(25)20-10)14(8-16(24)28-4)17-11(2)21-22(12(17)3)13-5-6-29(26,27)9-13/h7,13-14H,5-6,8-9H2,1-4H3,(H2,20,23,25)/t13-,14-/m0/s1. The highest BCUT2D eigenvalue weighted by Crippen LogP contribution is 2.37. The van der Waals surface area contributed by atoms with Crippen LogP contribution in [0.2, 0.25) is 0 Å². The lowest BCUT2D eigenvalue weighted by atomic mass is 9.87. The molecule has 1 fully saturated rings. The molecule has 1 aliphatic rings. The van der Waals surface area contributed by atoms with Gasteiger partial charge in [-0.25, -0.2) is 8.42 Å². The Bertz CT molecular complexity index is 1120. The van der Waals surface area contributed by atoms with E-state index in [1.54, 1.807) is 25.5 Å². The molecule has 0 amide bonds. The summed E-state index contributed by atoms with van der Waals surface area (Å²) in [6.07, 6.45) is 0.300. The topological polar surface area (TPSA) is 131 Å². The van der Waals surface area contributed by atoms with Gasteiger partial charge >= 0.3 is 5.97 Å². The molecule has 9 nitrogen and oxygen atoms in total. The number of methoxy groups -OCH3 is 1. The van der Waals surface area contributed by atoms with Gasteiger partial charge in [-0.15, -0.1) is 0 Å². The van der Waals surface area contributed by atoms with Crippen molar-refractivity contribution in [2.45, 2.75) is 45.6 Å². The zero-order valence-electron chi connectivity index (χ0n) is 16.9. The fourth-order valence-corrected chi connectivity index (χ4v) is 5.81. The first-order chi connectivity index (χ1) is 13.5. The quantitative estimate of drug-likeness (QED) is 0.692. The Morgan fingerprint density at radius 1 is 1.38 bits per heavy atom. The summed E-state index contributed by atoms with van der Waals surface area (Å²) in [5.74, 6) is -1.42. The number of carbonyl (C=O) groups is 1. The van der Waals surface area contributed by atoms with Gasteiger partial charge in [0.1, 0.15) is 5.75 Å². The number of ether oxygens (including phenoxy) is 1. The minimum atomic E-state index is -3.11. The van der Waals surface area contributed by atoms with Crippen LogP contribution in [0.3, 0.4) is 0 Å². The Kier molecular flexibility index (Phi) is 5.57. The number of H-pyrrole nitrogens is 1. The van der Waals surface area contributed by atoms with Crippen molar-refractivity contribution in [1.82, 2.24) is 14.8 Å². The maximum Gasteiger partial charge on any atom is 0.306 e. The lowest BCUT2D eigenvalue weighted by molar-refractivity contribution is -0.140. The maximum absolute atomic E-state index is 12.6. The Morgan fingerprint density at radius 3 is 2.62 bits per heavy atom. The van der Waals surface area contributed by atoms with Gasteiger partial charge in [-0.3, -0.25) is 14.3 Å². The van der Waals surface area contributed by atoms with Crippen LogP contribution in [-0.2, 0) is 19.4 Å². The van der Waals surface area contributed by atoms with Gasteiger partial charge in [0.2, 0.25) is 0 Å². The van der Waals surface area contributed by atoms with Crippen LogP contribution >= 0.6 is 0 Å². The molecule has 2 aromatic heterocycles. The average Bonchev–Trinajstić information content (AvgIpc) is 3.11. The number of rotatable bonds is 5. The van der Waals surface area contributed by atoms with Crippen molar-refractivity contribution in [2.75, 3.05) is 18.6 Å². The molecule has 10 heteroatoms. The molecule has 0 spiro atoms. The van der Waals surface area contributed by atoms with E-state index in [4.69, 9.17) is 4.74 Å². The predicted octanol–water partition coefficient (Wildman–Crippen LogP) is 1.26. The van der Waals surface area contributed by atoms with Crippen LogP contribution in [-0.4, -0.2) is 52.9 Å². The molecule has 0 radical (unpaired) electrons. The zero-order valence-corrected chi connectivity index (χ0v) is 17.7. The van der Waals surface area contributed by atoms with Crippen molar-refractivity contribution in [2.24, 2.45) is 0 Å². The zero-order chi connectivity index (χ0) is 21.5. The van der Waals surface area contributed by atoms with E-state index in [2.05, 4.69) is 10.1 Å². The van der Waals surface area contributed by atoms with Crippen LogP contribution in [0.4, 0.5) is 0 Å². The average molecular weight is 423 g/mol. The third kappa shape index (κ3) is 4.07. The van der Waals surface area contributed by atoms with Crippen LogP contribution in [0.1, 0.15) is 53.0 Å². The molecule has 1 aliphatic heterocycles. The fourth-order valence-electron chi connectivity index (χ4n) is 4.12. The summed E-state index contributed by atoms with van der Waals surface area (Å²) in [4.78, 5) is 27.4. The Labute approximate surface area is 168 Å². The maximum atomic E-state index is 12.6. The molecule has 0 bridgehead atoms. The number of nitrogens with zero attached hydrogens (tertiary/aromatic N) is 2. The summed E-state index contributed by atoms with van der Waals surface area (Å²) in [5, 5.41) is 15.0. The van der Waals surface area contributed by atoms with Gasteiger partial charge in [0.05, 0.1) is 42.3 Å². The molecule has 2 N–H and O–H groups in total. The number of esters is 1. The molecule has 2 atom stereocenters. The summed E-state index contributed by atoms with van der Waals surface area (Å²) < 4.78 is 30.3. The first kappa shape index (κ1) is 21.1. The molecule has 29 heavy (non-hydrogen) atoms. The van der Waals surface area contributed by atoms with Crippen LogP contribution in [0.15, 0.2) is 10.9 Å². The molecule has 0 saturated carbocycles. The molecular formula is C19H25N3O6S. The molecule has 3 rings (SSSR count). The fraction of sp³-hybridized carbons (Fsp3) is 0.526. The van der Waals surface area contributed by atoms with Gasteiger partial charge in [0.15, 0.2) is 9.84 Å². The van der Waals surface area contributed by atoms with Crippen molar-refractivity contribution in [1.29, 1.82) is 0 Å². The lowest BCUT2D eigenvalue weighted by Crippen LogP contribution is -2.22. The largest absolute Gasteiger partial charge is 0.507 e. The number of sulfone groups is 1. The second kappa shape index (κ2) is 7.66. The normalized spacial score (nSPS) is 19.2. The lowest BCUT2D eigenvalue weighted by Gasteiger charge is -2.19. The number of hydrogen-bond acceptors (Lipinski definition) is 7. The number of hydrogen-bond donors (Lipinski definition) is 2. The summed E-state index contributed by atoms with van der Waals surface area (Å²) in [6, 6.07) is 1.13. The van der Waals surface area contributed by atoms with Crippen molar-refractivity contribution in [3.63, 3.8) is 0 Å². The minimum absolute atomic E-state index is 0.00638. The third-order valence-corrected chi connectivity index (χ3v) is 7.17. The van der Waals surface area contributed by atoms with E-state index in [0.717, 1.165) is 0 Å². The number of nitrogens with one attached hydrogen (secondary N) is 1. The van der Waals surface area contributed by atoms with Crippen molar-refractivity contribution < 1.29 is 23.1 Å². The number of pyridine rings is 1. The molecule has 3 heterocycles. The second-order valence-corrected chi connectivity index (χ2v) is 9.73. The van der Waals surface area contributed by atoms with E-state index in [0.29, 0.717) is 29.1 Å². The van der Waals surface area contributed by atoms with Gasteiger partial charge in [-0.05, 0) is 33.3 Å². The van der Waals surface area contributed by atoms with Crippen LogP contribution in [0.25, 0.3) is 0 Å². The number of aryl methyl sites for hydroxylation is 2. The second-order valence-electron chi connectivity index (χ2n) is 7.50. The molecule has 1 saturated heterocycles. The molecule has 158 valence electrons. The summed E-state index contributed by atoms with van der Waals surface area (Å²) in [6.45, 7) is 5.17.